The number of hydrogen-bond acceptors (Lipinski definition) is 4. The van der Waals surface area contributed by atoms with Gasteiger partial charge in [-0.2, -0.15) is 4.98 Å². The van der Waals surface area contributed by atoms with Crippen LogP contribution in [0.15, 0.2) is 22.7 Å². The molecule has 0 bridgehead atoms. The molecule has 6 heteroatoms. The van der Waals surface area contributed by atoms with E-state index >= 15 is 0 Å². The Morgan fingerprint density at radius 1 is 1.32 bits per heavy atom. The lowest BCUT2D eigenvalue weighted by Gasteiger charge is -2.23. The van der Waals surface area contributed by atoms with Crippen LogP contribution in [-0.2, 0) is 6.54 Å². The number of nitrogens with zero attached hydrogens (tertiary/aromatic N) is 3. The van der Waals surface area contributed by atoms with Crippen LogP contribution in [0, 0.1) is 18.6 Å². The summed E-state index contributed by atoms with van der Waals surface area (Å²) in [7, 11) is 1.85. The molecule has 2 aromatic rings. The molecule has 1 aromatic heterocycles. The summed E-state index contributed by atoms with van der Waals surface area (Å²) in [6.45, 7) is 4.09. The van der Waals surface area contributed by atoms with Crippen molar-refractivity contribution in [1.82, 2.24) is 15.0 Å². The van der Waals surface area contributed by atoms with Gasteiger partial charge >= 0.3 is 0 Å². The quantitative estimate of drug-likeness (QED) is 0.854. The van der Waals surface area contributed by atoms with Gasteiger partial charge in [-0.25, -0.2) is 8.78 Å². The molecule has 1 heterocycles. The summed E-state index contributed by atoms with van der Waals surface area (Å²) in [5.74, 6) is -0.615. The van der Waals surface area contributed by atoms with Gasteiger partial charge in [0.15, 0.2) is 17.5 Å². The maximum Gasteiger partial charge on any atom is 0.240 e. The minimum absolute atomic E-state index is 0.0951. The Balaban J connectivity index is 2.09. The Morgan fingerprint density at radius 3 is 2.63 bits per heavy atom. The van der Waals surface area contributed by atoms with Gasteiger partial charge in [0.1, 0.15) is 0 Å². The highest BCUT2D eigenvalue weighted by molar-refractivity contribution is 5.20. The van der Waals surface area contributed by atoms with Crippen LogP contribution in [0.25, 0.3) is 0 Å². The first-order valence-electron chi connectivity index (χ1n) is 5.91. The number of rotatable bonds is 4. The van der Waals surface area contributed by atoms with Crippen LogP contribution in [0.4, 0.5) is 8.78 Å². The maximum absolute atomic E-state index is 13.2. The van der Waals surface area contributed by atoms with Crippen LogP contribution in [0.1, 0.15) is 30.2 Å². The Labute approximate surface area is 110 Å². The molecule has 0 fully saturated rings. The molecule has 0 N–H and O–H groups in total. The summed E-state index contributed by atoms with van der Waals surface area (Å²) in [6, 6.07) is 3.81. The summed E-state index contributed by atoms with van der Waals surface area (Å²) in [5, 5.41) is 3.71. The molecule has 0 saturated heterocycles. The minimum Gasteiger partial charge on any atom is -0.338 e. The fourth-order valence-corrected chi connectivity index (χ4v) is 1.78. The van der Waals surface area contributed by atoms with Crippen molar-refractivity contribution in [1.29, 1.82) is 0 Å². The van der Waals surface area contributed by atoms with Crippen molar-refractivity contribution < 1.29 is 13.3 Å². The van der Waals surface area contributed by atoms with E-state index in [4.69, 9.17) is 4.52 Å². The molecule has 1 atom stereocenters. The number of aromatic nitrogens is 2. The van der Waals surface area contributed by atoms with Gasteiger partial charge in [0, 0.05) is 6.04 Å². The highest BCUT2D eigenvalue weighted by Crippen LogP contribution is 2.22. The van der Waals surface area contributed by atoms with Crippen LogP contribution in [-0.4, -0.2) is 22.1 Å². The molecule has 0 aliphatic carbocycles. The predicted octanol–water partition coefficient (Wildman–Crippen LogP) is 2.85. The monoisotopic (exact) mass is 267 g/mol. The Kier molecular flexibility index (Phi) is 3.90. The van der Waals surface area contributed by atoms with E-state index in [0.717, 1.165) is 6.07 Å². The van der Waals surface area contributed by atoms with Crippen LogP contribution in [0.5, 0.6) is 0 Å². The molecule has 0 radical (unpaired) electrons. The Bertz CT molecular complexity index is 571. The lowest BCUT2D eigenvalue weighted by Crippen LogP contribution is -2.22. The molecular formula is C13H15F2N3O. The SMILES string of the molecule is Cc1noc(CN(C)C(C)c2ccc(F)c(F)c2)n1. The Hall–Kier alpha value is -1.82. The zero-order valence-corrected chi connectivity index (χ0v) is 11.0. The molecule has 1 aromatic carbocycles. The second-order valence-corrected chi connectivity index (χ2v) is 4.50. The third-order valence-corrected chi connectivity index (χ3v) is 3.04. The molecule has 2 rings (SSSR count). The van der Waals surface area contributed by atoms with E-state index in [0.29, 0.717) is 23.8 Å². The summed E-state index contributed by atoms with van der Waals surface area (Å²) in [4.78, 5) is 6.02. The minimum atomic E-state index is -0.842. The smallest absolute Gasteiger partial charge is 0.240 e. The summed E-state index contributed by atoms with van der Waals surface area (Å²) < 4.78 is 31.1. The van der Waals surface area contributed by atoms with E-state index in [-0.39, 0.29) is 6.04 Å². The van der Waals surface area contributed by atoms with E-state index < -0.39 is 11.6 Å². The molecule has 0 amide bonds. The van der Waals surface area contributed by atoms with Gasteiger partial charge in [0.2, 0.25) is 5.89 Å². The average Bonchev–Trinajstić information content (AvgIpc) is 2.77. The van der Waals surface area contributed by atoms with Gasteiger partial charge in [-0.05, 0) is 38.6 Å². The van der Waals surface area contributed by atoms with E-state index in [1.165, 1.54) is 6.07 Å². The van der Waals surface area contributed by atoms with E-state index in [2.05, 4.69) is 10.1 Å². The third kappa shape index (κ3) is 3.14. The predicted molar refractivity (Wildman–Crippen MR) is 65.3 cm³/mol. The number of hydrogen-bond donors (Lipinski definition) is 0. The van der Waals surface area contributed by atoms with E-state index in [1.54, 1.807) is 13.0 Å². The molecule has 0 aliphatic rings. The summed E-state index contributed by atoms with van der Waals surface area (Å²) >= 11 is 0. The number of halogens is 2. The maximum atomic E-state index is 13.2. The van der Waals surface area contributed by atoms with Gasteiger partial charge in [0.25, 0.3) is 0 Å². The molecule has 102 valence electrons. The largest absolute Gasteiger partial charge is 0.338 e. The van der Waals surface area contributed by atoms with Gasteiger partial charge < -0.3 is 4.52 Å². The highest BCUT2D eigenvalue weighted by atomic mass is 19.2. The third-order valence-electron chi connectivity index (χ3n) is 3.04. The van der Waals surface area contributed by atoms with Crippen molar-refractivity contribution in [2.75, 3.05) is 7.05 Å². The van der Waals surface area contributed by atoms with Crippen LogP contribution < -0.4 is 0 Å². The van der Waals surface area contributed by atoms with Crippen LogP contribution >= 0.6 is 0 Å². The number of benzene rings is 1. The fourth-order valence-electron chi connectivity index (χ4n) is 1.78. The highest BCUT2D eigenvalue weighted by Gasteiger charge is 2.16. The summed E-state index contributed by atoms with van der Waals surface area (Å²) in [6.07, 6.45) is 0. The Morgan fingerprint density at radius 2 is 2.05 bits per heavy atom. The standard InChI is InChI=1S/C13H15F2N3O/c1-8(10-4-5-11(14)12(15)6-10)18(3)7-13-16-9(2)17-19-13/h4-6,8H,7H2,1-3H3. The zero-order chi connectivity index (χ0) is 14.0. The average molecular weight is 267 g/mol. The van der Waals surface area contributed by atoms with E-state index in [9.17, 15) is 8.78 Å². The fraction of sp³-hybridized carbons (Fsp3) is 0.385. The van der Waals surface area contributed by atoms with Crippen molar-refractivity contribution in [3.63, 3.8) is 0 Å². The van der Waals surface area contributed by atoms with Gasteiger partial charge in [0.05, 0.1) is 6.54 Å². The molecule has 0 spiro atoms. The summed E-state index contributed by atoms with van der Waals surface area (Å²) in [5.41, 5.74) is 0.692. The van der Waals surface area contributed by atoms with Crippen LogP contribution in [0.2, 0.25) is 0 Å². The van der Waals surface area contributed by atoms with Gasteiger partial charge in [-0.3, -0.25) is 4.90 Å². The molecule has 1 unspecified atom stereocenters. The van der Waals surface area contributed by atoms with Crippen molar-refractivity contribution >= 4 is 0 Å². The van der Waals surface area contributed by atoms with Crippen molar-refractivity contribution in [3.05, 3.63) is 47.1 Å². The molecular weight excluding hydrogens is 252 g/mol. The molecule has 4 nitrogen and oxygen atoms in total. The zero-order valence-electron chi connectivity index (χ0n) is 11.0. The normalized spacial score (nSPS) is 12.9. The van der Waals surface area contributed by atoms with Crippen LogP contribution in [0.3, 0.4) is 0 Å². The first kappa shape index (κ1) is 13.6. The second kappa shape index (κ2) is 5.44. The van der Waals surface area contributed by atoms with E-state index in [1.807, 2.05) is 18.9 Å². The van der Waals surface area contributed by atoms with Crippen molar-refractivity contribution in [2.45, 2.75) is 26.4 Å². The van der Waals surface area contributed by atoms with Gasteiger partial charge in [-0.1, -0.05) is 11.2 Å². The van der Waals surface area contributed by atoms with Crippen molar-refractivity contribution in [2.24, 2.45) is 0 Å². The first-order chi connectivity index (χ1) is 8.97. The molecule has 0 aliphatic heterocycles. The second-order valence-electron chi connectivity index (χ2n) is 4.50. The number of aryl methyl sites for hydroxylation is 1. The molecule has 19 heavy (non-hydrogen) atoms. The first-order valence-corrected chi connectivity index (χ1v) is 5.91. The van der Waals surface area contributed by atoms with Crippen molar-refractivity contribution in [3.8, 4) is 0 Å². The lowest BCUT2D eigenvalue weighted by molar-refractivity contribution is 0.216. The topological polar surface area (TPSA) is 42.2 Å². The molecule has 0 saturated carbocycles. The lowest BCUT2D eigenvalue weighted by atomic mass is 10.1. The van der Waals surface area contributed by atoms with Gasteiger partial charge in [-0.15, -0.1) is 0 Å².